The molecule has 1 aromatic rings. The van der Waals surface area contributed by atoms with E-state index in [0.717, 1.165) is 12.8 Å². The molecule has 0 bridgehead atoms. The van der Waals surface area contributed by atoms with Crippen molar-refractivity contribution in [1.82, 2.24) is 9.97 Å². The van der Waals surface area contributed by atoms with Gasteiger partial charge in [-0.05, 0) is 19.8 Å². The van der Waals surface area contributed by atoms with Gasteiger partial charge in [-0.3, -0.25) is 4.99 Å². The number of aromatic nitrogens is 2. The van der Waals surface area contributed by atoms with E-state index >= 15 is 0 Å². The quantitative estimate of drug-likeness (QED) is 0.638. The van der Waals surface area contributed by atoms with Crippen LogP contribution in [0.25, 0.3) is 0 Å². The highest BCUT2D eigenvalue weighted by Crippen LogP contribution is 2.33. The first kappa shape index (κ1) is 9.70. The Kier molecular flexibility index (Phi) is 2.40. The Balaban J connectivity index is 2.37. The molecule has 1 heterocycles. The average molecular weight is 206 g/mol. The van der Waals surface area contributed by atoms with E-state index in [2.05, 4.69) is 20.3 Å². The molecule has 0 atom stereocenters. The Labute approximate surface area is 87.8 Å². The predicted octanol–water partition coefficient (Wildman–Crippen LogP) is 0.938. The molecule has 0 radical (unpaired) electrons. The maximum atomic E-state index is 5.72. The van der Waals surface area contributed by atoms with Gasteiger partial charge >= 0.3 is 0 Å². The zero-order valence-corrected chi connectivity index (χ0v) is 8.57. The van der Waals surface area contributed by atoms with Gasteiger partial charge < -0.3 is 16.8 Å². The number of nitrogens with two attached hydrogens (primary N) is 2. The maximum absolute atomic E-state index is 5.72. The highest BCUT2D eigenvalue weighted by atomic mass is 15.1. The largest absolute Gasteiger partial charge is 0.382 e. The van der Waals surface area contributed by atoms with Crippen LogP contribution >= 0.6 is 0 Å². The van der Waals surface area contributed by atoms with Crippen LogP contribution in [0.4, 0.5) is 23.3 Å². The first-order chi connectivity index (χ1) is 7.20. The number of anilines is 3. The zero-order chi connectivity index (χ0) is 10.8. The lowest BCUT2D eigenvalue weighted by molar-refractivity contribution is 1.09. The summed E-state index contributed by atoms with van der Waals surface area (Å²) in [6.07, 6.45) is 3.96. The van der Waals surface area contributed by atoms with Gasteiger partial charge in [0.1, 0.15) is 5.69 Å². The third kappa shape index (κ3) is 2.15. The van der Waals surface area contributed by atoms with Crippen molar-refractivity contribution in [2.75, 3.05) is 16.8 Å². The van der Waals surface area contributed by atoms with Gasteiger partial charge in [-0.15, -0.1) is 0 Å². The van der Waals surface area contributed by atoms with Gasteiger partial charge in [0.2, 0.25) is 5.95 Å². The van der Waals surface area contributed by atoms with E-state index in [-0.39, 0.29) is 5.95 Å². The van der Waals surface area contributed by atoms with Crippen LogP contribution in [0, 0.1) is 0 Å². The molecule has 0 unspecified atom stereocenters. The zero-order valence-electron chi connectivity index (χ0n) is 8.57. The molecule has 0 amide bonds. The summed E-state index contributed by atoms with van der Waals surface area (Å²) in [5.74, 6) is 1.11. The summed E-state index contributed by atoms with van der Waals surface area (Å²) in [7, 11) is 0. The van der Waals surface area contributed by atoms with Crippen molar-refractivity contribution in [2.24, 2.45) is 4.99 Å². The van der Waals surface area contributed by atoms with Crippen LogP contribution in [0.3, 0.4) is 0 Å². The van der Waals surface area contributed by atoms with Gasteiger partial charge in [0.05, 0.1) is 0 Å². The third-order valence-electron chi connectivity index (χ3n) is 2.10. The fourth-order valence-corrected chi connectivity index (χ4v) is 1.27. The van der Waals surface area contributed by atoms with Gasteiger partial charge in [-0.2, -0.15) is 9.97 Å². The molecule has 1 fully saturated rings. The van der Waals surface area contributed by atoms with Crippen molar-refractivity contribution < 1.29 is 0 Å². The first-order valence-corrected chi connectivity index (χ1v) is 4.89. The van der Waals surface area contributed by atoms with Crippen molar-refractivity contribution in [3.05, 3.63) is 0 Å². The molecular formula is C9H14N6. The van der Waals surface area contributed by atoms with Crippen molar-refractivity contribution in [1.29, 1.82) is 0 Å². The van der Waals surface area contributed by atoms with Crippen LogP contribution in [-0.2, 0) is 0 Å². The SMILES string of the molecule is CC=Nc1c(N)nc(N)nc1NC1CC1. The standard InChI is InChI=1S/C9H14N6/c1-2-12-6-7(10)14-9(11)15-8(6)13-5-3-4-5/h2,5H,3-4H2,1H3,(H5,10,11,13,14,15). The van der Waals surface area contributed by atoms with Gasteiger partial charge in [-0.1, -0.05) is 0 Å². The number of nitrogens with zero attached hydrogens (tertiary/aromatic N) is 3. The molecule has 0 spiro atoms. The fraction of sp³-hybridized carbons (Fsp3) is 0.444. The van der Waals surface area contributed by atoms with Crippen LogP contribution in [0.1, 0.15) is 19.8 Å². The van der Waals surface area contributed by atoms with E-state index in [4.69, 9.17) is 11.5 Å². The Bertz CT molecular complexity index is 396. The normalized spacial score (nSPS) is 15.8. The number of aliphatic imine (C=N–C) groups is 1. The molecule has 5 N–H and O–H groups in total. The van der Waals surface area contributed by atoms with E-state index in [1.165, 1.54) is 0 Å². The maximum Gasteiger partial charge on any atom is 0.224 e. The van der Waals surface area contributed by atoms with E-state index in [1.807, 2.05) is 6.92 Å². The van der Waals surface area contributed by atoms with Crippen molar-refractivity contribution in [2.45, 2.75) is 25.8 Å². The molecule has 80 valence electrons. The summed E-state index contributed by atoms with van der Waals surface area (Å²) in [5, 5.41) is 3.23. The van der Waals surface area contributed by atoms with Crippen LogP contribution in [-0.4, -0.2) is 22.2 Å². The Hall–Kier alpha value is -1.85. The Morgan fingerprint density at radius 1 is 1.40 bits per heavy atom. The lowest BCUT2D eigenvalue weighted by atomic mass is 10.4. The summed E-state index contributed by atoms with van der Waals surface area (Å²) < 4.78 is 0. The third-order valence-corrected chi connectivity index (χ3v) is 2.10. The second kappa shape index (κ2) is 3.72. The van der Waals surface area contributed by atoms with Crippen molar-refractivity contribution in [3.63, 3.8) is 0 Å². The summed E-state index contributed by atoms with van der Waals surface area (Å²) in [6.45, 7) is 1.82. The minimum Gasteiger partial charge on any atom is -0.382 e. The molecule has 1 saturated carbocycles. The summed E-state index contributed by atoms with van der Waals surface area (Å²) in [6, 6.07) is 0.476. The summed E-state index contributed by atoms with van der Waals surface area (Å²) in [5.41, 5.74) is 11.8. The Morgan fingerprint density at radius 3 is 2.73 bits per heavy atom. The van der Waals surface area contributed by atoms with Crippen molar-refractivity contribution in [3.8, 4) is 0 Å². The summed E-state index contributed by atoms with van der Waals surface area (Å²) >= 11 is 0. The minimum atomic E-state index is 0.172. The van der Waals surface area contributed by atoms with Gasteiger partial charge in [0, 0.05) is 12.3 Å². The van der Waals surface area contributed by atoms with Crippen LogP contribution in [0.2, 0.25) is 0 Å². The van der Waals surface area contributed by atoms with E-state index in [9.17, 15) is 0 Å². The average Bonchev–Trinajstić information content (AvgIpc) is 2.95. The monoisotopic (exact) mass is 206 g/mol. The molecule has 15 heavy (non-hydrogen) atoms. The van der Waals surface area contributed by atoms with Crippen LogP contribution in [0.5, 0.6) is 0 Å². The molecule has 0 saturated heterocycles. The molecule has 6 nitrogen and oxygen atoms in total. The number of hydrogen-bond acceptors (Lipinski definition) is 6. The molecule has 2 rings (SSSR count). The molecule has 0 aliphatic heterocycles. The first-order valence-electron chi connectivity index (χ1n) is 4.89. The minimum absolute atomic E-state index is 0.172. The molecular weight excluding hydrogens is 192 g/mol. The Morgan fingerprint density at radius 2 is 2.13 bits per heavy atom. The molecule has 0 aromatic carbocycles. The summed E-state index contributed by atoms with van der Waals surface area (Å²) in [4.78, 5) is 12.1. The molecule has 1 aliphatic carbocycles. The predicted molar refractivity (Wildman–Crippen MR) is 61.3 cm³/mol. The smallest absolute Gasteiger partial charge is 0.224 e. The van der Waals surface area contributed by atoms with E-state index in [0.29, 0.717) is 23.4 Å². The second-order valence-corrected chi connectivity index (χ2v) is 3.47. The highest BCUT2D eigenvalue weighted by molar-refractivity contribution is 5.78. The van der Waals surface area contributed by atoms with E-state index < -0.39 is 0 Å². The van der Waals surface area contributed by atoms with Crippen LogP contribution in [0.15, 0.2) is 4.99 Å². The number of hydrogen-bond donors (Lipinski definition) is 3. The topological polar surface area (TPSA) is 102 Å². The number of rotatable bonds is 3. The van der Waals surface area contributed by atoms with E-state index in [1.54, 1.807) is 6.21 Å². The molecule has 1 aromatic heterocycles. The van der Waals surface area contributed by atoms with Crippen LogP contribution < -0.4 is 16.8 Å². The van der Waals surface area contributed by atoms with Gasteiger partial charge in [-0.25, -0.2) is 0 Å². The lowest BCUT2D eigenvalue weighted by Gasteiger charge is -2.09. The highest BCUT2D eigenvalue weighted by Gasteiger charge is 2.23. The number of nitrogens with one attached hydrogen (secondary N) is 1. The number of nitrogen functional groups attached to an aromatic ring is 2. The fourth-order valence-electron chi connectivity index (χ4n) is 1.27. The van der Waals surface area contributed by atoms with Gasteiger partial charge in [0.25, 0.3) is 0 Å². The molecule has 6 heteroatoms. The van der Waals surface area contributed by atoms with Gasteiger partial charge in [0.15, 0.2) is 11.6 Å². The second-order valence-electron chi connectivity index (χ2n) is 3.47. The van der Waals surface area contributed by atoms with Crippen molar-refractivity contribution >= 4 is 29.5 Å². The molecule has 1 aliphatic rings. The lowest BCUT2D eigenvalue weighted by Crippen LogP contribution is -2.08.